The number of nitrogens with one attached hydrogen (secondary N) is 1. The molecule has 0 saturated carbocycles. The number of benzene rings is 1. The summed E-state index contributed by atoms with van der Waals surface area (Å²) < 4.78 is 13.0. The molecule has 0 radical (unpaired) electrons. The van der Waals surface area contributed by atoms with Gasteiger partial charge in [-0.25, -0.2) is 9.18 Å². The third-order valence-electron chi connectivity index (χ3n) is 1.64. The number of rotatable bonds is 4. The molecule has 0 aliphatic heterocycles. The maximum absolute atomic E-state index is 13.0. The smallest absolute Gasteiger partial charge is 0.335 e. The zero-order valence-electron chi connectivity index (χ0n) is 7.33. The van der Waals surface area contributed by atoms with Crippen LogP contribution in [0.3, 0.4) is 0 Å². The third kappa shape index (κ3) is 2.43. The predicted octanol–water partition coefficient (Wildman–Crippen LogP) is 0.928. The molecule has 0 amide bonds. The van der Waals surface area contributed by atoms with Gasteiger partial charge in [-0.15, -0.1) is 0 Å². The van der Waals surface area contributed by atoms with Gasteiger partial charge in [0.15, 0.2) is 0 Å². The van der Waals surface area contributed by atoms with Crippen molar-refractivity contribution in [3.63, 3.8) is 0 Å². The number of aliphatic hydroxyl groups is 1. The van der Waals surface area contributed by atoms with Crippen molar-refractivity contribution in [3.8, 4) is 0 Å². The number of carboxylic acid groups (broad SMARTS) is 1. The Morgan fingerprint density at radius 2 is 2.21 bits per heavy atom. The number of aromatic carboxylic acids is 1. The van der Waals surface area contributed by atoms with Crippen LogP contribution >= 0.6 is 0 Å². The van der Waals surface area contributed by atoms with Gasteiger partial charge in [0.2, 0.25) is 0 Å². The molecule has 0 heterocycles. The zero-order chi connectivity index (χ0) is 10.6. The molecule has 0 unspecified atom stereocenters. The normalized spacial score (nSPS) is 9.86. The molecule has 1 aromatic carbocycles. The van der Waals surface area contributed by atoms with E-state index >= 15 is 0 Å². The Hall–Kier alpha value is -1.62. The van der Waals surface area contributed by atoms with E-state index in [1.54, 1.807) is 0 Å². The summed E-state index contributed by atoms with van der Waals surface area (Å²) in [4.78, 5) is 10.5. The van der Waals surface area contributed by atoms with Crippen LogP contribution < -0.4 is 5.32 Å². The molecule has 0 aliphatic carbocycles. The van der Waals surface area contributed by atoms with E-state index in [4.69, 9.17) is 10.2 Å². The fourth-order valence-corrected chi connectivity index (χ4v) is 0.984. The van der Waals surface area contributed by atoms with Crippen LogP contribution in [0.15, 0.2) is 18.2 Å². The van der Waals surface area contributed by atoms with Crippen molar-refractivity contribution >= 4 is 11.7 Å². The van der Waals surface area contributed by atoms with Gasteiger partial charge in [-0.3, -0.25) is 0 Å². The monoisotopic (exact) mass is 199 g/mol. The topological polar surface area (TPSA) is 69.6 Å². The van der Waals surface area contributed by atoms with Gasteiger partial charge in [-0.1, -0.05) is 0 Å². The first-order valence-corrected chi connectivity index (χ1v) is 4.02. The van der Waals surface area contributed by atoms with Crippen LogP contribution in [0.25, 0.3) is 0 Å². The van der Waals surface area contributed by atoms with Crippen molar-refractivity contribution in [2.45, 2.75) is 0 Å². The minimum atomic E-state index is -1.11. The van der Waals surface area contributed by atoms with Crippen LogP contribution in [0, 0.1) is 5.82 Å². The van der Waals surface area contributed by atoms with Gasteiger partial charge in [0.25, 0.3) is 0 Å². The van der Waals surface area contributed by atoms with E-state index in [2.05, 4.69) is 5.32 Å². The van der Waals surface area contributed by atoms with Gasteiger partial charge >= 0.3 is 5.97 Å². The molecule has 0 spiro atoms. The van der Waals surface area contributed by atoms with Crippen molar-refractivity contribution in [2.75, 3.05) is 18.5 Å². The fourth-order valence-electron chi connectivity index (χ4n) is 0.984. The van der Waals surface area contributed by atoms with Crippen molar-refractivity contribution < 1.29 is 19.4 Å². The number of anilines is 1. The third-order valence-corrected chi connectivity index (χ3v) is 1.64. The summed E-state index contributed by atoms with van der Waals surface area (Å²) in [5, 5.41) is 19.7. The highest BCUT2D eigenvalue weighted by molar-refractivity contribution is 5.88. The summed E-state index contributed by atoms with van der Waals surface area (Å²) in [6.07, 6.45) is 0. The Morgan fingerprint density at radius 3 is 2.79 bits per heavy atom. The highest BCUT2D eigenvalue weighted by atomic mass is 19.1. The molecule has 14 heavy (non-hydrogen) atoms. The van der Waals surface area contributed by atoms with Crippen LogP contribution in [-0.4, -0.2) is 29.3 Å². The molecular formula is C9H10FNO3. The van der Waals surface area contributed by atoms with Crippen LogP contribution in [0.2, 0.25) is 0 Å². The number of carboxylic acids is 1. The number of hydrogen-bond acceptors (Lipinski definition) is 3. The average Bonchev–Trinajstić information content (AvgIpc) is 2.16. The van der Waals surface area contributed by atoms with E-state index in [-0.39, 0.29) is 24.4 Å². The minimum absolute atomic E-state index is 0.00633. The molecule has 4 nitrogen and oxygen atoms in total. The summed E-state index contributed by atoms with van der Waals surface area (Å²) in [6, 6.07) is 3.44. The minimum Gasteiger partial charge on any atom is -0.478 e. The largest absolute Gasteiger partial charge is 0.478 e. The molecule has 0 bridgehead atoms. The van der Waals surface area contributed by atoms with Gasteiger partial charge in [0.1, 0.15) is 5.82 Å². The van der Waals surface area contributed by atoms with Crippen LogP contribution in [-0.2, 0) is 0 Å². The molecule has 1 aromatic rings. The maximum atomic E-state index is 13.0. The number of aliphatic hydroxyl groups excluding tert-OH is 1. The second kappa shape index (κ2) is 4.57. The van der Waals surface area contributed by atoms with Gasteiger partial charge in [-0.05, 0) is 18.2 Å². The summed E-state index contributed by atoms with van der Waals surface area (Å²) in [7, 11) is 0. The highest BCUT2D eigenvalue weighted by Gasteiger charge is 2.07. The zero-order valence-corrected chi connectivity index (χ0v) is 7.33. The SMILES string of the molecule is O=C(O)c1ccc(F)c(NCCO)c1. The number of hydrogen-bond donors (Lipinski definition) is 3. The molecule has 5 heteroatoms. The van der Waals surface area contributed by atoms with Crippen molar-refractivity contribution in [1.29, 1.82) is 0 Å². The molecule has 0 aliphatic rings. The highest BCUT2D eigenvalue weighted by Crippen LogP contribution is 2.15. The summed E-state index contributed by atoms with van der Waals surface area (Å²) in [5.41, 5.74) is 0.0887. The Bertz CT molecular complexity index is 341. The molecule has 0 aromatic heterocycles. The molecule has 3 N–H and O–H groups in total. The molecule has 0 fully saturated rings. The fraction of sp³-hybridized carbons (Fsp3) is 0.222. The second-order valence-electron chi connectivity index (χ2n) is 2.65. The van der Waals surface area contributed by atoms with E-state index in [0.717, 1.165) is 6.07 Å². The Balaban J connectivity index is 2.90. The van der Waals surface area contributed by atoms with Gasteiger partial charge in [-0.2, -0.15) is 0 Å². The summed E-state index contributed by atoms with van der Waals surface area (Å²) in [6.45, 7) is 0.0384. The molecular weight excluding hydrogens is 189 g/mol. The maximum Gasteiger partial charge on any atom is 0.335 e. The van der Waals surface area contributed by atoms with Gasteiger partial charge in [0.05, 0.1) is 17.9 Å². The summed E-state index contributed by atoms with van der Waals surface area (Å²) >= 11 is 0. The van der Waals surface area contributed by atoms with Crippen molar-refractivity contribution in [3.05, 3.63) is 29.6 Å². The van der Waals surface area contributed by atoms with Crippen LogP contribution in [0.1, 0.15) is 10.4 Å². The predicted molar refractivity (Wildman–Crippen MR) is 48.9 cm³/mol. The lowest BCUT2D eigenvalue weighted by molar-refractivity contribution is 0.0697. The lowest BCUT2D eigenvalue weighted by atomic mass is 10.2. The van der Waals surface area contributed by atoms with E-state index in [0.29, 0.717) is 0 Å². The Kier molecular flexibility index (Phi) is 3.41. The molecule has 1 rings (SSSR count). The summed E-state index contributed by atoms with van der Waals surface area (Å²) in [5.74, 6) is -1.65. The second-order valence-corrected chi connectivity index (χ2v) is 2.65. The lowest BCUT2D eigenvalue weighted by Gasteiger charge is -2.06. The van der Waals surface area contributed by atoms with Gasteiger partial charge in [0, 0.05) is 6.54 Å². The first-order valence-electron chi connectivity index (χ1n) is 4.02. The number of carbonyl (C=O) groups is 1. The van der Waals surface area contributed by atoms with E-state index in [1.807, 2.05) is 0 Å². The first-order chi connectivity index (χ1) is 6.65. The first kappa shape index (κ1) is 10.5. The van der Waals surface area contributed by atoms with Crippen molar-refractivity contribution in [1.82, 2.24) is 0 Å². The van der Waals surface area contributed by atoms with E-state index in [1.165, 1.54) is 12.1 Å². The average molecular weight is 199 g/mol. The number of halogens is 1. The Morgan fingerprint density at radius 1 is 1.50 bits per heavy atom. The lowest BCUT2D eigenvalue weighted by Crippen LogP contribution is -2.08. The molecule has 0 atom stereocenters. The van der Waals surface area contributed by atoms with Crippen LogP contribution in [0.5, 0.6) is 0 Å². The Labute approximate surface area is 80.0 Å². The standard InChI is InChI=1S/C9H10FNO3/c10-7-2-1-6(9(13)14)5-8(7)11-3-4-12/h1-2,5,11-12H,3-4H2,(H,13,14). The molecule has 76 valence electrons. The molecule has 0 saturated heterocycles. The van der Waals surface area contributed by atoms with E-state index in [9.17, 15) is 9.18 Å². The van der Waals surface area contributed by atoms with E-state index < -0.39 is 11.8 Å². The van der Waals surface area contributed by atoms with Gasteiger partial charge < -0.3 is 15.5 Å². The van der Waals surface area contributed by atoms with Crippen LogP contribution in [0.4, 0.5) is 10.1 Å². The quantitative estimate of drug-likeness (QED) is 0.674. The van der Waals surface area contributed by atoms with Crippen molar-refractivity contribution in [2.24, 2.45) is 0 Å².